The Bertz CT molecular complexity index is 836. The highest BCUT2D eigenvalue weighted by Gasteiger charge is 2.28. The maximum Gasteiger partial charge on any atom is 0.248 e. The first-order valence-electron chi connectivity index (χ1n) is 7.88. The van der Waals surface area contributed by atoms with E-state index in [9.17, 15) is 9.59 Å². The summed E-state index contributed by atoms with van der Waals surface area (Å²) in [6.07, 6.45) is 2.37. The summed E-state index contributed by atoms with van der Waals surface area (Å²) in [6.45, 7) is 4.13. The summed E-state index contributed by atoms with van der Waals surface area (Å²) in [5.74, 6) is -0.499. The maximum absolute atomic E-state index is 12.5. The molecule has 0 saturated heterocycles. The first kappa shape index (κ1) is 16.0. The molecular weight excluding hydrogens is 300 g/mol. The zero-order valence-electron chi connectivity index (χ0n) is 13.8. The molecule has 0 spiro atoms. The van der Waals surface area contributed by atoms with E-state index in [2.05, 4.69) is 19.2 Å². The molecule has 0 radical (unpaired) electrons. The van der Waals surface area contributed by atoms with E-state index in [4.69, 9.17) is 5.73 Å². The van der Waals surface area contributed by atoms with E-state index < -0.39 is 5.91 Å². The number of nitrogens with two attached hydrogens (primary N) is 1. The smallest absolute Gasteiger partial charge is 0.248 e. The van der Waals surface area contributed by atoms with Crippen molar-refractivity contribution in [1.82, 2.24) is 5.32 Å². The van der Waals surface area contributed by atoms with Crippen molar-refractivity contribution in [2.24, 2.45) is 5.73 Å². The van der Waals surface area contributed by atoms with Gasteiger partial charge in [0.15, 0.2) is 5.78 Å². The van der Waals surface area contributed by atoms with E-state index in [0.29, 0.717) is 11.1 Å². The normalized spacial score (nSPS) is 17.0. The van der Waals surface area contributed by atoms with Gasteiger partial charge in [0.05, 0.1) is 0 Å². The molecule has 0 aromatic heterocycles. The van der Waals surface area contributed by atoms with Crippen LogP contribution in [0.4, 0.5) is 0 Å². The van der Waals surface area contributed by atoms with Crippen LogP contribution in [-0.2, 0) is 6.42 Å². The Kier molecular flexibility index (Phi) is 3.97. The summed E-state index contributed by atoms with van der Waals surface area (Å²) in [6, 6.07) is 14.5. The van der Waals surface area contributed by atoms with Gasteiger partial charge in [-0.05, 0) is 38.0 Å². The van der Waals surface area contributed by atoms with Crippen LogP contribution in [0.1, 0.15) is 45.7 Å². The SMILES string of the molecule is CC1(C)Cc2cc(C(N)=O)ccc2/C(=C/C(=O)c2ccccc2)N1. The van der Waals surface area contributed by atoms with Gasteiger partial charge in [-0.25, -0.2) is 0 Å². The quantitative estimate of drug-likeness (QED) is 0.674. The molecule has 0 unspecified atom stereocenters. The van der Waals surface area contributed by atoms with Crippen molar-refractivity contribution in [2.45, 2.75) is 25.8 Å². The Morgan fingerprint density at radius 2 is 1.79 bits per heavy atom. The Morgan fingerprint density at radius 3 is 2.46 bits per heavy atom. The van der Waals surface area contributed by atoms with Gasteiger partial charge in [-0.3, -0.25) is 9.59 Å². The number of hydrogen-bond donors (Lipinski definition) is 2. The first-order valence-corrected chi connectivity index (χ1v) is 7.88. The van der Waals surface area contributed by atoms with Crippen LogP contribution in [0.15, 0.2) is 54.6 Å². The lowest BCUT2D eigenvalue weighted by atomic mass is 9.84. The molecule has 1 aliphatic rings. The van der Waals surface area contributed by atoms with E-state index in [0.717, 1.165) is 23.2 Å². The van der Waals surface area contributed by atoms with Gasteiger partial charge < -0.3 is 11.1 Å². The monoisotopic (exact) mass is 320 g/mol. The average Bonchev–Trinajstić information content (AvgIpc) is 2.54. The standard InChI is InChI=1S/C20H20N2O2/c1-20(2)12-15-10-14(19(21)24)8-9-16(15)17(22-20)11-18(23)13-6-4-3-5-7-13/h3-11,22H,12H2,1-2H3,(H2,21,24)/b17-11-. The summed E-state index contributed by atoms with van der Waals surface area (Å²) < 4.78 is 0. The van der Waals surface area contributed by atoms with E-state index in [1.807, 2.05) is 30.3 Å². The van der Waals surface area contributed by atoms with Crippen LogP contribution in [0, 0.1) is 0 Å². The average molecular weight is 320 g/mol. The van der Waals surface area contributed by atoms with Gasteiger partial charge in [-0.2, -0.15) is 0 Å². The fourth-order valence-corrected chi connectivity index (χ4v) is 3.04. The number of carbonyl (C=O) groups is 2. The zero-order chi connectivity index (χ0) is 17.3. The number of carbonyl (C=O) groups excluding carboxylic acids is 2. The summed E-state index contributed by atoms with van der Waals surface area (Å²) in [7, 11) is 0. The molecule has 1 amide bonds. The van der Waals surface area contributed by atoms with Crippen molar-refractivity contribution in [1.29, 1.82) is 0 Å². The first-order chi connectivity index (χ1) is 11.4. The molecule has 2 aromatic rings. The minimum atomic E-state index is -0.444. The zero-order valence-corrected chi connectivity index (χ0v) is 13.8. The second kappa shape index (κ2) is 5.96. The molecule has 24 heavy (non-hydrogen) atoms. The lowest BCUT2D eigenvalue weighted by Crippen LogP contribution is -2.44. The van der Waals surface area contributed by atoms with Gasteiger partial charge in [-0.1, -0.05) is 36.4 Å². The summed E-state index contributed by atoms with van der Waals surface area (Å²) in [4.78, 5) is 23.9. The summed E-state index contributed by atoms with van der Waals surface area (Å²) in [5.41, 5.74) is 9.02. The van der Waals surface area contributed by atoms with Crippen molar-refractivity contribution < 1.29 is 9.59 Å². The number of benzene rings is 2. The number of allylic oxidation sites excluding steroid dienone is 1. The number of rotatable bonds is 3. The number of nitrogens with one attached hydrogen (secondary N) is 1. The molecule has 1 aliphatic heterocycles. The van der Waals surface area contributed by atoms with Crippen LogP contribution in [0.25, 0.3) is 5.70 Å². The van der Waals surface area contributed by atoms with E-state index in [1.54, 1.807) is 24.3 Å². The second-order valence-electron chi connectivity index (χ2n) is 6.71. The van der Waals surface area contributed by atoms with Crippen LogP contribution >= 0.6 is 0 Å². The molecule has 0 fully saturated rings. The Morgan fingerprint density at radius 1 is 1.08 bits per heavy atom. The number of amides is 1. The van der Waals surface area contributed by atoms with Crippen LogP contribution in [0.5, 0.6) is 0 Å². The predicted octanol–water partition coefficient (Wildman–Crippen LogP) is 2.93. The van der Waals surface area contributed by atoms with E-state index >= 15 is 0 Å². The van der Waals surface area contributed by atoms with Crippen molar-refractivity contribution in [3.05, 3.63) is 76.9 Å². The van der Waals surface area contributed by atoms with Crippen molar-refractivity contribution in [2.75, 3.05) is 0 Å². The van der Waals surface area contributed by atoms with Crippen LogP contribution in [-0.4, -0.2) is 17.2 Å². The number of fused-ring (bicyclic) bond motifs is 1. The molecule has 3 N–H and O–H groups in total. The topological polar surface area (TPSA) is 72.2 Å². The Hall–Kier alpha value is -2.88. The molecule has 4 nitrogen and oxygen atoms in total. The van der Waals surface area contributed by atoms with Crippen molar-refractivity contribution >= 4 is 17.4 Å². The summed E-state index contributed by atoms with van der Waals surface area (Å²) >= 11 is 0. The third-order valence-electron chi connectivity index (χ3n) is 4.12. The fraction of sp³-hybridized carbons (Fsp3) is 0.200. The highest BCUT2D eigenvalue weighted by molar-refractivity contribution is 6.08. The van der Waals surface area contributed by atoms with Crippen LogP contribution < -0.4 is 11.1 Å². The Labute approximate surface area is 141 Å². The van der Waals surface area contributed by atoms with Crippen LogP contribution in [0.3, 0.4) is 0 Å². The van der Waals surface area contributed by atoms with Gasteiger partial charge in [0, 0.05) is 34.0 Å². The minimum Gasteiger partial charge on any atom is -0.379 e. The Balaban J connectivity index is 2.05. The molecular formula is C20H20N2O2. The molecule has 2 aromatic carbocycles. The molecule has 0 atom stereocenters. The highest BCUT2D eigenvalue weighted by atomic mass is 16.1. The molecule has 4 heteroatoms. The molecule has 122 valence electrons. The predicted molar refractivity (Wildman–Crippen MR) is 94.6 cm³/mol. The second-order valence-corrected chi connectivity index (χ2v) is 6.71. The lowest BCUT2D eigenvalue weighted by Gasteiger charge is -2.35. The fourth-order valence-electron chi connectivity index (χ4n) is 3.04. The van der Waals surface area contributed by atoms with Crippen molar-refractivity contribution in [3.8, 4) is 0 Å². The van der Waals surface area contributed by atoms with Crippen molar-refractivity contribution in [3.63, 3.8) is 0 Å². The molecule has 0 aliphatic carbocycles. The molecule has 3 rings (SSSR count). The highest BCUT2D eigenvalue weighted by Crippen LogP contribution is 2.30. The van der Waals surface area contributed by atoms with Gasteiger partial charge in [0.2, 0.25) is 5.91 Å². The lowest BCUT2D eigenvalue weighted by molar-refractivity contribution is 0.0998. The molecule has 0 bridgehead atoms. The third kappa shape index (κ3) is 3.23. The minimum absolute atomic E-state index is 0.0549. The molecule has 1 heterocycles. The third-order valence-corrected chi connectivity index (χ3v) is 4.12. The number of ketones is 1. The summed E-state index contributed by atoms with van der Waals surface area (Å²) in [5, 5.41) is 3.42. The number of primary amides is 1. The van der Waals surface area contributed by atoms with Gasteiger partial charge in [-0.15, -0.1) is 0 Å². The van der Waals surface area contributed by atoms with Gasteiger partial charge in [0.1, 0.15) is 0 Å². The molecule has 0 saturated carbocycles. The van der Waals surface area contributed by atoms with E-state index in [-0.39, 0.29) is 11.3 Å². The van der Waals surface area contributed by atoms with E-state index in [1.165, 1.54) is 0 Å². The van der Waals surface area contributed by atoms with Gasteiger partial charge in [0.25, 0.3) is 0 Å². The van der Waals surface area contributed by atoms with Crippen LogP contribution in [0.2, 0.25) is 0 Å². The number of hydrogen-bond acceptors (Lipinski definition) is 3. The maximum atomic E-state index is 12.5. The van der Waals surface area contributed by atoms with Gasteiger partial charge >= 0.3 is 0 Å². The largest absolute Gasteiger partial charge is 0.379 e.